The number of aromatic nitrogens is 4. The normalized spacial score (nSPS) is 15.6. The van der Waals surface area contributed by atoms with Gasteiger partial charge in [0.2, 0.25) is 5.91 Å². The van der Waals surface area contributed by atoms with Crippen molar-refractivity contribution in [3.63, 3.8) is 0 Å². The molecule has 1 saturated heterocycles. The number of anilines is 1. The number of piperidine rings is 1. The fraction of sp³-hybridized carbons (Fsp3) is 0.212. The minimum atomic E-state index is -3.35. The molecule has 6 aromatic rings. The molecule has 4 heterocycles. The van der Waals surface area contributed by atoms with E-state index >= 15 is 0 Å². The van der Waals surface area contributed by atoms with Crippen LogP contribution in [0.4, 0.5) is 14.5 Å². The van der Waals surface area contributed by atoms with Gasteiger partial charge in [0.1, 0.15) is 11.6 Å². The smallest absolute Gasteiger partial charge is 0.227 e. The van der Waals surface area contributed by atoms with E-state index < -0.39 is 27.5 Å². The largest absolute Gasteiger partial charge is 0.361 e. The Bertz CT molecular complexity index is 2240. The van der Waals surface area contributed by atoms with Crippen molar-refractivity contribution in [1.82, 2.24) is 19.7 Å². The van der Waals surface area contributed by atoms with Gasteiger partial charge in [0, 0.05) is 40.9 Å². The first kappa shape index (κ1) is 29.9. The Balaban J connectivity index is 1.40. The van der Waals surface area contributed by atoms with Crippen molar-refractivity contribution < 1.29 is 26.5 Å². The molecule has 3 aromatic heterocycles. The van der Waals surface area contributed by atoms with Crippen LogP contribution < -0.4 is 4.90 Å². The topological polar surface area (TPSA) is 111 Å². The average molecular weight is 660 g/mol. The molecule has 0 aliphatic carbocycles. The van der Waals surface area contributed by atoms with Crippen molar-refractivity contribution in [3.05, 3.63) is 95.0 Å². The van der Waals surface area contributed by atoms with Crippen molar-refractivity contribution in [1.29, 1.82) is 0 Å². The predicted octanol–water partition coefficient (Wildman–Crippen LogP) is 7.36. The SMILES string of the molecule is Cc1noc(C)c1-c1ccc2c(c1)nc([C@@H]1CCCC(=O)N1c1ccc(F)c(F)c1)n2-c1nc(-c2ccc(S(C)(=O)=O)cc2)cs1. The van der Waals surface area contributed by atoms with Crippen molar-refractivity contribution in [3.8, 4) is 27.5 Å². The number of carbonyl (C=O) groups excluding carboxylic acids is 1. The van der Waals surface area contributed by atoms with Crippen LogP contribution in [0.1, 0.15) is 42.6 Å². The van der Waals surface area contributed by atoms with Gasteiger partial charge in [-0.1, -0.05) is 23.4 Å². The van der Waals surface area contributed by atoms with E-state index in [1.165, 1.54) is 22.3 Å². The summed E-state index contributed by atoms with van der Waals surface area (Å²) in [6.45, 7) is 3.71. The quantitative estimate of drug-likeness (QED) is 0.184. The number of carbonyl (C=O) groups is 1. The molecule has 0 N–H and O–H groups in total. The minimum Gasteiger partial charge on any atom is -0.361 e. The van der Waals surface area contributed by atoms with Gasteiger partial charge in [-0.2, -0.15) is 0 Å². The lowest BCUT2D eigenvalue weighted by Gasteiger charge is -2.35. The van der Waals surface area contributed by atoms with E-state index in [2.05, 4.69) is 5.16 Å². The van der Waals surface area contributed by atoms with Crippen molar-refractivity contribution in [2.24, 2.45) is 0 Å². The zero-order valence-corrected chi connectivity index (χ0v) is 26.6. The molecule has 0 unspecified atom stereocenters. The van der Waals surface area contributed by atoms with Gasteiger partial charge in [0.05, 0.1) is 33.4 Å². The summed E-state index contributed by atoms with van der Waals surface area (Å²) in [6, 6.07) is 15.2. The van der Waals surface area contributed by atoms with Gasteiger partial charge in [-0.05, 0) is 68.7 Å². The van der Waals surface area contributed by atoms with Crippen LogP contribution in [0, 0.1) is 25.5 Å². The Labute approximate surface area is 267 Å². The van der Waals surface area contributed by atoms with E-state index in [4.69, 9.17) is 14.5 Å². The van der Waals surface area contributed by atoms with Gasteiger partial charge >= 0.3 is 0 Å². The molecule has 0 radical (unpaired) electrons. The highest BCUT2D eigenvalue weighted by Crippen LogP contribution is 2.40. The van der Waals surface area contributed by atoms with Crippen LogP contribution in [-0.2, 0) is 14.6 Å². The lowest BCUT2D eigenvalue weighted by atomic mass is 9.99. The summed E-state index contributed by atoms with van der Waals surface area (Å²) < 4.78 is 59.6. The molecule has 1 fully saturated rings. The monoisotopic (exact) mass is 659 g/mol. The molecule has 3 aromatic carbocycles. The van der Waals surface area contributed by atoms with Crippen molar-refractivity contribution in [2.45, 2.75) is 44.0 Å². The number of imidazole rings is 1. The number of amides is 1. The van der Waals surface area contributed by atoms with E-state index in [0.29, 0.717) is 40.8 Å². The average Bonchev–Trinajstić information content (AvgIpc) is 3.74. The van der Waals surface area contributed by atoms with E-state index in [-0.39, 0.29) is 22.9 Å². The number of nitrogens with zero attached hydrogens (tertiary/aromatic N) is 5. The first-order valence-electron chi connectivity index (χ1n) is 14.5. The summed E-state index contributed by atoms with van der Waals surface area (Å²) in [5, 5.41) is 6.54. The van der Waals surface area contributed by atoms with Crippen LogP contribution in [-0.4, -0.2) is 40.3 Å². The molecule has 1 aliphatic heterocycles. The summed E-state index contributed by atoms with van der Waals surface area (Å²) in [7, 11) is -3.35. The fourth-order valence-electron chi connectivity index (χ4n) is 6.02. The first-order chi connectivity index (χ1) is 22.0. The summed E-state index contributed by atoms with van der Waals surface area (Å²) in [5.41, 5.74) is 5.47. The highest BCUT2D eigenvalue weighted by Gasteiger charge is 2.35. The van der Waals surface area contributed by atoms with Crippen molar-refractivity contribution >= 4 is 43.8 Å². The molecular formula is C33H27F2N5O4S2. The summed E-state index contributed by atoms with van der Waals surface area (Å²) in [4.78, 5) is 25.1. The first-order valence-corrected chi connectivity index (χ1v) is 17.3. The standard InChI is InChI=1S/C33H27F2N5O4S2/c1-18-31(19(2)44-38-18)21-9-14-28-26(15-21)36-32(29-5-4-6-30(41)39(29)22-10-13-24(34)25(35)16-22)40(28)33-37-27(17-45-33)20-7-11-23(12-8-20)46(3,42)43/h7-17,29H,4-6H2,1-3H3/t29-/m0/s1. The number of hydrogen-bond donors (Lipinski definition) is 0. The van der Waals surface area contributed by atoms with Crippen LogP contribution in [0.2, 0.25) is 0 Å². The molecule has 13 heteroatoms. The number of sulfone groups is 1. The van der Waals surface area contributed by atoms with Gasteiger partial charge in [-0.25, -0.2) is 27.2 Å². The number of thiazole rings is 1. The second-order valence-corrected chi connectivity index (χ2v) is 14.1. The number of rotatable bonds is 6. The molecule has 0 spiro atoms. The van der Waals surface area contributed by atoms with Gasteiger partial charge in [-0.3, -0.25) is 9.36 Å². The highest BCUT2D eigenvalue weighted by atomic mass is 32.2. The number of aryl methyl sites for hydroxylation is 2. The Morgan fingerprint density at radius 3 is 2.41 bits per heavy atom. The maximum absolute atomic E-state index is 14.4. The Hall–Kier alpha value is -4.75. The summed E-state index contributed by atoms with van der Waals surface area (Å²) in [6.07, 6.45) is 2.55. The van der Waals surface area contributed by atoms with Crippen LogP contribution in [0.15, 0.2) is 75.5 Å². The van der Waals surface area contributed by atoms with Gasteiger partial charge < -0.3 is 9.42 Å². The van der Waals surface area contributed by atoms with E-state index in [1.54, 1.807) is 24.3 Å². The van der Waals surface area contributed by atoms with E-state index in [1.807, 2.05) is 42.0 Å². The zero-order valence-electron chi connectivity index (χ0n) is 25.0. The van der Waals surface area contributed by atoms with Gasteiger partial charge in [0.25, 0.3) is 0 Å². The highest BCUT2D eigenvalue weighted by molar-refractivity contribution is 7.90. The minimum absolute atomic E-state index is 0.211. The summed E-state index contributed by atoms with van der Waals surface area (Å²) >= 11 is 1.37. The van der Waals surface area contributed by atoms with E-state index in [0.717, 1.165) is 46.3 Å². The number of hydrogen-bond acceptors (Lipinski definition) is 8. The molecular weight excluding hydrogens is 633 g/mol. The van der Waals surface area contributed by atoms with Gasteiger partial charge in [0.15, 0.2) is 26.6 Å². The predicted molar refractivity (Wildman–Crippen MR) is 171 cm³/mol. The summed E-state index contributed by atoms with van der Waals surface area (Å²) in [5.74, 6) is -1.06. The lowest BCUT2D eigenvalue weighted by molar-refractivity contribution is -0.120. The molecule has 46 heavy (non-hydrogen) atoms. The lowest BCUT2D eigenvalue weighted by Crippen LogP contribution is -2.39. The second-order valence-electron chi connectivity index (χ2n) is 11.3. The third-order valence-corrected chi connectivity index (χ3v) is 10.1. The third kappa shape index (κ3) is 5.18. The Morgan fingerprint density at radius 1 is 0.957 bits per heavy atom. The molecule has 0 saturated carbocycles. The molecule has 1 amide bonds. The number of halogens is 2. The van der Waals surface area contributed by atoms with Crippen molar-refractivity contribution in [2.75, 3.05) is 11.2 Å². The van der Waals surface area contributed by atoms with Crippen LogP contribution in [0.3, 0.4) is 0 Å². The fourth-order valence-corrected chi connectivity index (χ4v) is 7.50. The molecule has 7 rings (SSSR count). The Morgan fingerprint density at radius 2 is 1.72 bits per heavy atom. The zero-order chi connectivity index (χ0) is 32.3. The van der Waals surface area contributed by atoms with E-state index in [9.17, 15) is 22.0 Å². The molecule has 234 valence electrons. The van der Waals surface area contributed by atoms with Gasteiger partial charge in [-0.15, -0.1) is 11.3 Å². The maximum atomic E-state index is 14.4. The third-order valence-electron chi connectivity index (χ3n) is 8.19. The molecule has 1 atom stereocenters. The van der Waals surface area contributed by atoms with Crippen LogP contribution >= 0.6 is 11.3 Å². The second kappa shape index (κ2) is 11.2. The molecule has 0 bridgehead atoms. The maximum Gasteiger partial charge on any atom is 0.227 e. The number of fused-ring (bicyclic) bond motifs is 1. The van der Waals surface area contributed by atoms with Crippen LogP contribution in [0.25, 0.3) is 38.5 Å². The van der Waals surface area contributed by atoms with Crippen LogP contribution in [0.5, 0.6) is 0 Å². The molecule has 9 nitrogen and oxygen atoms in total. The Kier molecular flexibility index (Phi) is 7.32. The molecule has 1 aliphatic rings. The number of benzene rings is 3.